The summed E-state index contributed by atoms with van der Waals surface area (Å²) < 4.78 is 11.2. The Labute approximate surface area is 152 Å². The predicted octanol–water partition coefficient (Wildman–Crippen LogP) is 2.69. The smallest absolute Gasteiger partial charge is 0.191 e. The molecule has 2 N–H and O–H groups in total. The number of nitrogens with zero attached hydrogens (tertiary/aromatic N) is 1. The Kier molecular flexibility index (Phi) is 9.66. The SMILES string of the molecule is CCNC(=NCC1(OC)CCOCC1)NC1CCCCC1.I. The normalized spacial score (nSPS) is 22.7. The minimum Gasteiger partial charge on any atom is -0.381 e. The van der Waals surface area contributed by atoms with Gasteiger partial charge in [0.15, 0.2) is 5.96 Å². The third kappa shape index (κ3) is 6.20. The number of hydrogen-bond acceptors (Lipinski definition) is 3. The maximum Gasteiger partial charge on any atom is 0.191 e. The van der Waals surface area contributed by atoms with E-state index in [4.69, 9.17) is 14.5 Å². The van der Waals surface area contributed by atoms with Crippen molar-refractivity contribution in [3.63, 3.8) is 0 Å². The van der Waals surface area contributed by atoms with Gasteiger partial charge in [-0.25, -0.2) is 0 Å². The summed E-state index contributed by atoms with van der Waals surface area (Å²) in [6.07, 6.45) is 8.40. The highest BCUT2D eigenvalue weighted by Gasteiger charge is 2.32. The first-order chi connectivity index (χ1) is 10.3. The first-order valence-corrected chi connectivity index (χ1v) is 8.46. The van der Waals surface area contributed by atoms with Crippen LogP contribution in [0.3, 0.4) is 0 Å². The number of halogens is 1. The molecule has 2 rings (SSSR count). The van der Waals surface area contributed by atoms with Gasteiger partial charge in [0.05, 0.1) is 12.1 Å². The van der Waals surface area contributed by atoms with E-state index in [1.165, 1.54) is 32.1 Å². The van der Waals surface area contributed by atoms with Crippen LogP contribution < -0.4 is 10.6 Å². The van der Waals surface area contributed by atoms with Crippen LogP contribution in [0.25, 0.3) is 0 Å². The van der Waals surface area contributed by atoms with Crippen LogP contribution in [0.2, 0.25) is 0 Å². The molecule has 0 unspecified atom stereocenters. The summed E-state index contributed by atoms with van der Waals surface area (Å²) in [5, 5.41) is 6.95. The molecule has 1 aliphatic heterocycles. The molecule has 0 aromatic rings. The summed E-state index contributed by atoms with van der Waals surface area (Å²) in [6.45, 7) is 5.25. The van der Waals surface area contributed by atoms with Gasteiger partial charge in [-0.15, -0.1) is 24.0 Å². The average molecular weight is 425 g/mol. The first-order valence-electron chi connectivity index (χ1n) is 8.46. The van der Waals surface area contributed by atoms with Gasteiger partial charge in [-0.05, 0) is 19.8 Å². The zero-order valence-corrected chi connectivity index (χ0v) is 16.4. The fraction of sp³-hybridized carbons (Fsp3) is 0.938. The predicted molar refractivity (Wildman–Crippen MR) is 101 cm³/mol. The van der Waals surface area contributed by atoms with Crippen molar-refractivity contribution in [3.05, 3.63) is 0 Å². The zero-order chi connectivity index (χ0) is 15.0. The van der Waals surface area contributed by atoms with Crippen molar-refractivity contribution in [1.29, 1.82) is 0 Å². The van der Waals surface area contributed by atoms with Gasteiger partial charge in [-0.2, -0.15) is 0 Å². The lowest BCUT2D eigenvalue weighted by Crippen LogP contribution is -2.46. The van der Waals surface area contributed by atoms with Gasteiger partial charge in [0.25, 0.3) is 0 Å². The quantitative estimate of drug-likeness (QED) is 0.404. The standard InChI is InChI=1S/C16H31N3O2.HI/c1-3-17-15(19-14-7-5-4-6-8-14)18-13-16(20-2)9-11-21-12-10-16;/h14H,3-13H2,1-2H3,(H2,17,18,19);1H. The molecule has 0 amide bonds. The molecule has 0 spiro atoms. The molecule has 1 saturated heterocycles. The van der Waals surface area contributed by atoms with E-state index >= 15 is 0 Å². The Balaban J connectivity index is 0.00000242. The van der Waals surface area contributed by atoms with E-state index in [1.807, 2.05) is 0 Å². The Morgan fingerprint density at radius 3 is 2.50 bits per heavy atom. The number of hydrogen-bond donors (Lipinski definition) is 2. The monoisotopic (exact) mass is 425 g/mol. The van der Waals surface area contributed by atoms with Crippen molar-refractivity contribution in [3.8, 4) is 0 Å². The van der Waals surface area contributed by atoms with Crippen LogP contribution in [0.15, 0.2) is 4.99 Å². The summed E-state index contributed by atoms with van der Waals surface area (Å²) in [6, 6.07) is 0.574. The molecule has 1 aliphatic carbocycles. The maximum absolute atomic E-state index is 5.75. The average Bonchev–Trinajstić information content (AvgIpc) is 2.55. The van der Waals surface area contributed by atoms with Crippen molar-refractivity contribution in [1.82, 2.24) is 10.6 Å². The van der Waals surface area contributed by atoms with Gasteiger partial charge >= 0.3 is 0 Å². The molecule has 1 saturated carbocycles. The van der Waals surface area contributed by atoms with E-state index in [-0.39, 0.29) is 29.6 Å². The fourth-order valence-corrected chi connectivity index (χ4v) is 3.15. The molecule has 0 aromatic carbocycles. The van der Waals surface area contributed by atoms with Gasteiger partial charge in [-0.3, -0.25) is 4.99 Å². The van der Waals surface area contributed by atoms with Crippen LogP contribution in [0.4, 0.5) is 0 Å². The molecule has 5 nitrogen and oxygen atoms in total. The number of rotatable bonds is 5. The van der Waals surface area contributed by atoms with Gasteiger partial charge in [0, 0.05) is 45.8 Å². The van der Waals surface area contributed by atoms with Gasteiger partial charge in [0.1, 0.15) is 0 Å². The Morgan fingerprint density at radius 2 is 1.91 bits per heavy atom. The number of methoxy groups -OCH3 is 1. The Hall–Kier alpha value is -0.0800. The number of aliphatic imine (C=N–C) groups is 1. The lowest BCUT2D eigenvalue weighted by atomic mass is 9.94. The minimum atomic E-state index is -0.146. The summed E-state index contributed by atoms with van der Waals surface area (Å²) in [5.74, 6) is 0.937. The lowest BCUT2D eigenvalue weighted by Gasteiger charge is -2.35. The molecule has 2 fully saturated rings. The van der Waals surface area contributed by atoms with E-state index in [0.29, 0.717) is 12.6 Å². The molecule has 1 heterocycles. The van der Waals surface area contributed by atoms with Crippen molar-refractivity contribution >= 4 is 29.9 Å². The van der Waals surface area contributed by atoms with Crippen LogP contribution in [0.5, 0.6) is 0 Å². The topological polar surface area (TPSA) is 54.9 Å². The van der Waals surface area contributed by atoms with Crippen LogP contribution in [-0.2, 0) is 9.47 Å². The van der Waals surface area contributed by atoms with Gasteiger partial charge in [0.2, 0.25) is 0 Å². The number of guanidine groups is 1. The highest BCUT2D eigenvalue weighted by atomic mass is 127. The summed E-state index contributed by atoms with van der Waals surface area (Å²) in [4.78, 5) is 4.79. The molecule has 2 aliphatic rings. The zero-order valence-electron chi connectivity index (χ0n) is 14.0. The molecule has 0 radical (unpaired) electrons. The van der Waals surface area contributed by atoms with E-state index < -0.39 is 0 Å². The molecule has 22 heavy (non-hydrogen) atoms. The molecular weight excluding hydrogens is 393 g/mol. The molecule has 0 aromatic heterocycles. The van der Waals surface area contributed by atoms with E-state index in [1.54, 1.807) is 7.11 Å². The Bertz CT molecular complexity index is 327. The maximum atomic E-state index is 5.75. The van der Waals surface area contributed by atoms with E-state index in [2.05, 4.69) is 17.6 Å². The van der Waals surface area contributed by atoms with E-state index in [9.17, 15) is 0 Å². The molecule has 0 bridgehead atoms. The molecule has 6 heteroatoms. The number of nitrogens with one attached hydrogen (secondary N) is 2. The largest absolute Gasteiger partial charge is 0.381 e. The van der Waals surface area contributed by atoms with Crippen LogP contribution in [0, 0.1) is 0 Å². The highest BCUT2D eigenvalue weighted by molar-refractivity contribution is 14.0. The third-order valence-corrected chi connectivity index (χ3v) is 4.65. The number of ether oxygens (including phenoxy) is 2. The molecular formula is C16H32IN3O2. The van der Waals surface area contributed by atoms with E-state index in [0.717, 1.165) is 38.6 Å². The van der Waals surface area contributed by atoms with Crippen LogP contribution in [-0.4, -0.2) is 51.0 Å². The second-order valence-electron chi connectivity index (χ2n) is 6.17. The Morgan fingerprint density at radius 1 is 1.23 bits per heavy atom. The summed E-state index contributed by atoms with van der Waals surface area (Å²) in [7, 11) is 1.79. The van der Waals surface area contributed by atoms with Gasteiger partial charge < -0.3 is 20.1 Å². The van der Waals surface area contributed by atoms with Crippen molar-refractivity contribution in [2.24, 2.45) is 4.99 Å². The second-order valence-corrected chi connectivity index (χ2v) is 6.17. The lowest BCUT2D eigenvalue weighted by molar-refractivity contribution is -0.0828. The summed E-state index contributed by atoms with van der Waals surface area (Å²) >= 11 is 0. The minimum absolute atomic E-state index is 0. The third-order valence-electron chi connectivity index (χ3n) is 4.65. The summed E-state index contributed by atoms with van der Waals surface area (Å²) in [5.41, 5.74) is -0.146. The molecule has 130 valence electrons. The van der Waals surface area contributed by atoms with Crippen LogP contribution >= 0.6 is 24.0 Å². The van der Waals surface area contributed by atoms with Crippen molar-refractivity contribution in [2.75, 3.05) is 33.4 Å². The first kappa shape index (κ1) is 20.0. The second kappa shape index (κ2) is 10.6. The highest BCUT2D eigenvalue weighted by Crippen LogP contribution is 2.24. The fourth-order valence-electron chi connectivity index (χ4n) is 3.15. The van der Waals surface area contributed by atoms with Gasteiger partial charge in [-0.1, -0.05) is 19.3 Å². The van der Waals surface area contributed by atoms with Crippen molar-refractivity contribution < 1.29 is 9.47 Å². The van der Waals surface area contributed by atoms with Crippen molar-refractivity contribution in [2.45, 2.75) is 63.5 Å². The van der Waals surface area contributed by atoms with Crippen LogP contribution in [0.1, 0.15) is 51.9 Å². The molecule has 0 atom stereocenters.